The van der Waals surface area contributed by atoms with E-state index in [0.717, 1.165) is 21.2 Å². The quantitative estimate of drug-likeness (QED) is 0.521. The predicted octanol–water partition coefficient (Wildman–Crippen LogP) is 5.63. The topological polar surface area (TPSA) is 17.8 Å². The molecular weight excluding hydrogens is 378 g/mol. The molecule has 0 saturated carbocycles. The molecule has 0 aliphatic carbocycles. The number of rotatable bonds is 2. The van der Waals surface area contributed by atoms with Crippen molar-refractivity contribution in [1.29, 1.82) is 0 Å². The van der Waals surface area contributed by atoms with E-state index in [4.69, 9.17) is 23.2 Å². The maximum Gasteiger partial charge on any atom is 0.129 e. The Morgan fingerprint density at radius 2 is 2.05 bits per heavy atom. The van der Waals surface area contributed by atoms with Gasteiger partial charge >= 0.3 is 0 Å². The first-order valence-electron chi connectivity index (χ1n) is 6.20. The average Bonchev–Trinajstić information content (AvgIpc) is 2.80. The monoisotopic (exact) mass is 386 g/mol. The fourth-order valence-corrected chi connectivity index (χ4v) is 3.24. The fraction of sp³-hybridized carbons (Fsp3) is 0.133. The Kier molecular flexibility index (Phi) is 3.95. The highest BCUT2D eigenvalue weighted by Gasteiger charge is 2.15. The molecule has 0 amide bonds. The van der Waals surface area contributed by atoms with Gasteiger partial charge in [0.25, 0.3) is 0 Å². The van der Waals surface area contributed by atoms with E-state index in [1.165, 1.54) is 12.1 Å². The zero-order valence-corrected chi connectivity index (χ0v) is 14.1. The number of nitrogens with zero attached hydrogens (tertiary/aromatic N) is 2. The van der Waals surface area contributed by atoms with E-state index in [0.29, 0.717) is 16.4 Å². The van der Waals surface area contributed by atoms with Crippen LogP contribution in [0.5, 0.6) is 0 Å². The molecule has 21 heavy (non-hydrogen) atoms. The van der Waals surface area contributed by atoms with Gasteiger partial charge < -0.3 is 0 Å². The molecular formula is C15H10BrCl2FN2. The van der Waals surface area contributed by atoms with Crippen molar-refractivity contribution in [3.05, 3.63) is 57.0 Å². The maximum absolute atomic E-state index is 13.4. The van der Waals surface area contributed by atoms with Crippen LogP contribution in [0.1, 0.15) is 11.4 Å². The Morgan fingerprint density at radius 1 is 1.29 bits per heavy atom. The molecule has 0 spiro atoms. The Hall–Kier alpha value is -1.10. The third kappa shape index (κ3) is 2.56. The predicted molar refractivity (Wildman–Crippen MR) is 88.0 cm³/mol. The van der Waals surface area contributed by atoms with Crippen LogP contribution in [0.4, 0.5) is 4.39 Å². The summed E-state index contributed by atoms with van der Waals surface area (Å²) in [6, 6.07) is 8.27. The minimum Gasteiger partial charge on any atom is -0.294 e. The second kappa shape index (κ2) is 5.59. The van der Waals surface area contributed by atoms with Gasteiger partial charge in [0.2, 0.25) is 0 Å². The molecule has 6 heteroatoms. The molecule has 0 unspecified atom stereocenters. The smallest absolute Gasteiger partial charge is 0.129 e. The number of halogens is 4. The Bertz CT molecular complexity index is 845. The van der Waals surface area contributed by atoms with E-state index < -0.39 is 0 Å². The minimum absolute atomic E-state index is 0.217. The molecule has 2 nitrogen and oxygen atoms in total. The number of fused-ring (bicyclic) bond motifs is 1. The SMILES string of the molecule is Cc1cc(Br)c(-n2c(CCl)nc3cc(F)ccc32)cc1Cl. The summed E-state index contributed by atoms with van der Waals surface area (Å²) >= 11 is 15.8. The third-order valence-electron chi connectivity index (χ3n) is 3.27. The van der Waals surface area contributed by atoms with E-state index >= 15 is 0 Å². The van der Waals surface area contributed by atoms with Gasteiger partial charge in [-0.05, 0) is 52.7 Å². The molecule has 0 radical (unpaired) electrons. The van der Waals surface area contributed by atoms with Gasteiger partial charge in [-0.25, -0.2) is 9.37 Å². The van der Waals surface area contributed by atoms with Crippen molar-refractivity contribution in [3.63, 3.8) is 0 Å². The van der Waals surface area contributed by atoms with E-state index in [9.17, 15) is 4.39 Å². The number of aryl methyl sites for hydroxylation is 1. The molecule has 1 aromatic heterocycles. The summed E-state index contributed by atoms with van der Waals surface area (Å²) in [6.45, 7) is 1.93. The second-order valence-electron chi connectivity index (χ2n) is 4.68. The van der Waals surface area contributed by atoms with Crippen LogP contribution < -0.4 is 0 Å². The van der Waals surface area contributed by atoms with Gasteiger partial charge in [-0.15, -0.1) is 11.6 Å². The van der Waals surface area contributed by atoms with Gasteiger partial charge in [-0.2, -0.15) is 0 Å². The van der Waals surface area contributed by atoms with Crippen LogP contribution in [0.3, 0.4) is 0 Å². The minimum atomic E-state index is -0.325. The van der Waals surface area contributed by atoms with Gasteiger partial charge in [-0.3, -0.25) is 4.57 Å². The number of hydrogen-bond donors (Lipinski definition) is 0. The third-order valence-corrected chi connectivity index (χ3v) is 4.56. The van der Waals surface area contributed by atoms with Crippen molar-refractivity contribution >= 4 is 50.2 Å². The molecule has 0 fully saturated rings. The van der Waals surface area contributed by atoms with Crippen LogP contribution in [0.25, 0.3) is 16.7 Å². The number of imidazole rings is 1. The van der Waals surface area contributed by atoms with Gasteiger partial charge in [0.1, 0.15) is 11.6 Å². The van der Waals surface area contributed by atoms with Gasteiger partial charge in [0.05, 0.1) is 22.6 Å². The number of hydrogen-bond acceptors (Lipinski definition) is 1. The van der Waals surface area contributed by atoms with Gasteiger partial charge in [-0.1, -0.05) is 11.6 Å². The lowest BCUT2D eigenvalue weighted by Gasteiger charge is -2.12. The first-order chi connectivity index (χ1) is 10.0. The lowest BCUT2D eigenvalue weighted by Crippen LogP contribution is -2.01. The molecule has 0 aliphatic rings. The van der Waals surface area contributed by atoms with Crippen LogP contribution >= 0.6 is 39.1 Å². The van der Waals surface area contributed by atoms with Crippen molar-refractivity contribution in [3.8, 4) is 5.69 Å². The highest BCUT2D eigenvalue weighted by Crippen LogP contribution is 2.32. The molecule has 0 saturated heterocycles. The zero-order chi connectivity index (χ0) is 15.1. The summed E-state index contributed by atoms with van der Waals surface area (Å²) in [5.74, 6) is 0.529. The van der Waals surface area contributed by atoms with E-state index in [2.05, 4.69) is 20.9 Å². The molecule has 108 valence electrons. The van der Waals surface area contributed by atoms with Crippen LogP contribution in [0.2, 0.25) is 5.02 Å². The van der Waals surface area contributed by atoms with E-state index in [1.807, 2.05) is 23.6 Å². The van der Waals surface area contributed by atoms with Crippen molar-refractivity contribution in [2.45, 2.75) is 12.8 Å². The Labute approximate surface area is 139 Å². The normalized spacial score (nSPS) is 11.3. The molecule has 2 aromatic carbocycles. The van der Waals surface area contributed by atoms with Crippen LogP contribution in [0.15, 0.2) is 34.8 Å². The lowest BCUT2D eigenvalue weighted by molar-refractivity contribution is 0.629. The number of aromatic nitrogens is 2. The summed E-state index contributed by atoms with van der Waals surface area (Å²) in [5.41, 5.74) is 3.15. The summed E-state index contributed by atoms with van der Waals surface area (Å²) < 4.78 is 16.1. The highest BCUT2D eigenvalue weighted by molar-refractivity contribution is 9.10. The van der Waals surface area contributed by atoms with Crippen molar-refractivity contribution in [2.24, 2.45) is 0 Å². The Balaban J connectivity index is 2.36. The van der Waals surface area contributed by atoms with Crippen molar-refractivity contribution < 1.29 is 4.39 Å². The first kappa shape index (κ1) is 14.8. The highest BCUT2D eigenvalue weighted by atomic mass is 79.9. The van der Waals surface area contributed by atoms with Crippen LogP contribution in [0, 0.1) is 12.7 Å². The molecule has 3 rings (SSSR count). The Morgan fingerprint density at radius 3 is 2.76 bits per heavy atom. The molecule has 3 aromatic rings. The summed E-state index contributed by atoms with van der Waals surface area (Å²) in [4.78, 5) is 4.39. The maximum atomic E-state index is 13.4. The number of benzene rings is 2. The standard InChI is InChI=1S/C15H10BrCl2FN2/c1-8-4-10(16)14(6-11(8)18)21-13-3-2-9(19)5-12(13)20-15(21)7-17/h2-6H,7H2,1H3. The zero-order valence-electron chi connectivity index (χ0n) is 11.0. The molecule has 1 heterocycles. The molecule has 0 aliphatic heterocycles. The van der Waals surface area contributed by atoms with Crippen LogP contribution in [-0.4, -0.2) is 9.55 Å². The largest absolute Gasteiger partial charge is 0.294 e. The summed E-state index contributed by atoms with van der Waals surface area (Å²) in [5, 5.41) is 0.651. The lowest BCUT2D eigenvalue weighted by atomic mass is 10.2. The van der Waals surface area contributed by atoms with E-state index in [-0.39, 0.29) is 11.7 Å². The van der Waals surface area contributed by atoms with Crippen molar-refractivity contribution in [1.82, 2.24) is 9.55 Å². The molecule has 0 atom stereocenters. The van der Waals surface area contributed by atoms with Crippen molar-refractivity contribution in [2.75, 3.05) is 0 Å². The second-order valence-corrected chi connectivity index (χ2v) is 6.21. The average molecular weight is 388 g/mol. The molecule has 0 N–H and O–H groups in total. The van der Waals surface area contributed by atoms with Crippen LogP contribution in [-0.2, 0) is 5.88 Å². The van der Waals surface area contributed by atoms with Gasteiger partial charge in [0.15, 0.2) is 0 Å². The first-order valence-corrected chi connectivity index (χ1v) is 7.90. The fourth-order valence-electron chi connectivity index (χ4n) is 2.27. The number of alkyl halides is 1. The van der Waals surface area contributed by atoms with E-state index in [1.54, 1.807) is 6.07 Å². The summed E-state index contributed by atoms with van der Waals surface area (Å²) in [6.07, 6.45) is 0. The molecule has 0 bridgehead atoms. The summed E-state index contributed by atoms with van der Waals surface area (Å²) in [7, 11) is 0. The van der Waals surface area contributed by atoms with Gasteiger partial charge in [0, 0.05) is 15.6 Å².